The maximum absolute atomic E-state index is 11.3. The molecule has 5 rings (SSSR count). The molecule has 2 aliphatic carbocycles. The molecule has 8 heteroatoms. The van der Waals surface area contributed by atoms with Gasteiger partial charge in [-0.2, -0.15) is 8.42 Å². The highest BCUT2D eigenvalue weighted by atomic mass is 32.3. The lowest BCUT2D eigenvalue weighted by molar-refractivity contribution is -0.0389. The fraction of sp³-hybridized carbons (Fsp3) is 0.529. The second kappa shape index (κ2) is 4.76. The number of hydrogen-bond acceptors (Lipinski definition) is 6. The quantitative estimate of drug-likeness (QED) is 0.597. The zero-order valence-corrected chi connectivity index (χ0v) is 14.4. The van der Waals surface area contributed by atoms with Crippen LogP contribution in [0.1, 0.15) is 17.5 Å². The topological polar surface area (TPSA) is 96.3 Å². The highest BCUT2D eigenvalue weighted by molar-refractivity contribution is 7.80. The molecule has 1 saturated heterocycles. The number of nitrogens with zero attached hydrogens (tertiary/aromatic N) is 1. The normalized spacial score (nSPS) is 38.3. The molecule has 5 atom stereocenters. The van der Waals surface area contributed by atoms with E-state index in [-0.39, 0.29) is 17.7 Å². The summed E-state index contributed by atoms with van der Waals surface area (Å²) in [5.41, 5.74) is 1.67. The van der Waals surface area contributed by atoms with Gasteiger partial charge in [0.05, 0.1) is 0 Å². The number of aromatic hydroxyl groups is 1. The number of rotatable bonds is 2. The van der Waals surface area contributed by atoms with Gasteiger partial charge in [0, 0.05) is 22.9 Å². The van der Waals surface area contributed by atoms with Gasteiger partial charge in [0.15, 0.2) is 11.5 Å². The van der Waals surface area contributed by atoms with Crippen molar-refractivity contribution in [2.45, 2.75) is 36.5 Å². The van der Waals surface area contributed by atoms with E-state index in [1.165, 1.54) is 0 Å². The Bertz CT molecular complexity index is 897. The third kappa shape index (κ3) is 1.93. The molecule has 1 unspecified atom stereocenters. The van der Waals surface area contributed by atoms with E-state index in [9.17, 15) is 13.5 Å². The van der Waals surface area contributed by atoms with Gasteiger partial charge in [-0.15, -0.1) is 0 Å². The van der Waals surface area contributed by atoms with E-state index < -0.39 is 28.0 Å². The SMILES string of the molecule is CN1CC[C@]23c4c5ccc(O)c4O[C@H]2C(OS(=O)(=O)O)C=C[C@H]3[C@H]1C5. The summed E-state index contributed by atoms with van der Waals surface area (Å²) in [5.74, 6) is 0.639. The minimum absolute atomic E-state index is 0.0595. The molecule has 2 aliphatic heterocycles. The predicted molar refractivity (Wildman–Crippen MR) is 88.0 cm³/mol. The van der Waals surface area contributed by atoms with Gasteiger partial charge in [0.2, 0.25) is 0 Å². The van der Waals surface area contributed by atoms with E-state index in [1.54, 1.807) is 12.1 Å². The maximum Gasteiger partial charge on any atom is 0.398 e. The molecule has 1 aromatic carbocycles. The number of ether oxygens (including phenoxy) is 1. The van der Waals surface area contributed by atoms with E-state index in [4.69, 9.17) is 13.5 Å². The Morgan fingerprint density at radius 3 is 2.92 bits per heavy atom. The average molecular weight is 365 g/mol. The Hall–Kier alpha value is -1.61. The fourth-order valence-electron chi connectivity index (χ4n) is 5.44. The summed E-state index contributed by atoms with van der Waals surface area (Å²) in [6.45, 7) is 0.849. The number of phenolic OH excluding ortho intramolecular Hbond substituents is 1. The van der Waals surface area contributed by atoms with Crippen molar-refractivity contribution in [1.29, 1.82) is 0 Å². The minimum Gasteiger partial charge on any atom is -0.504 e. The van der Waals surface area contributed by atoms with Crippen LogP contribution in [0, 0.1) is 5.92 Å². The first-order valence-electron chi connectivity index (χ1n) is 8.37. The Morgan fingerprint density at radius 2 is 2.16 bits per heavy atom. The van der Waals surface area contributed by atoms with Gasteiger partial charge in [-0.1, -0.05) is 18.2 Å². The number of piperidine rings is 1. The zero-order chi connectivity index (χ0) is 17.6. The Morgan fingerprint density at radius 1 is 1.36 bits per heavy atom. The van der Waals surface area contributed by atoms with Gasteiger partial charge >= 0.3 is 10.4 Å². The molecule has 134 valence electrons. The van der Waals surface area contributed by atoms with Crippen LogP contribution in [0.4, 0.5) is 0 Å². The first kappa shape index (κ1) is 15.6. The van der Waals surface area contributed by atoms with Gasteiger partial charge < -0.3 is 14.7 Å². The van der Waals surface area contributed by atoms with Crippen LogP contribution in [0.15, 0.2) is 24.3 Å². The second-order valence-electron chi connectivity index (χ2n) is 7.43. The van der Waals surface area contributed by atoms with Crippen LogP contribution in [-0.2, 0) is 26.4 Å². The third-order valence-corrected chi connectivity index (χ3v) is 6.83. The molecule has 25 heavy (non-hydrogen) atoms. The lowest BCUT2D eigenvalue weighted by Crippen LogP contribution is -2.65. The lowest BCUT2D eigenvalue weighted by atomic mass is 9.53. The number of benzene rings is 1. The van der Waals surface area contributed by atoms with Crippen LogP contribution in [0.2, 0.25) is 0 Å². The van der Waals surface area contributed by atoms with Gasteiger partial charge in [-0.25, -0.2) is 4.18 Å². The summed E-state index contributed by atoms with van der Waals surface area (Å²) < 4.78 is 42.8. The molecule has 4 aliphatic rings. The summed E-state index contributed by atoms with van der Waals surface area (Å²) >= 11 is 0. The minimum atomic E-state index is -4.61. The van der Waals surface area contributed by atoms with Gasteiger partial charge in [-0.3, -0.25) is 4.55 Å². The van der Waals surface area contributed by atoms with Crippen LogP contribution in [0.25, 0.3) is 0 Å². The van der Waals surface area contributed by atoms with Crippen LogP contribution < -0.4 is 4.74 Å². The fourth-order valence-corrected chi connectivity index (χ4v) is 5.89. The standard InChI is InChI=1S/C17H19NO6S/c1-18-7-6-17-10-3-5-13(24-25(20,21)22)16(17)23-15-12(19)4-2-9(14(15)17)8-11(10)18/h2-5,10-11,13,16,19H,6-8H2,1H3,(H,20,21,22)/t10-,11+,13?,16-,17-/m0/s1. The first-order chi connectivity index (χ1) is 11.8. The summed E-state index contributed by atoms with van der Waals surface area (Å²) in [6, 6.07) is 3.84. The Balaban J connectivity index is 1.74. The van der Waals surface area contributed by atoms with E-state index in [0.29, 0.717) is 5.75 Å². The van der Waals surface area contributed by atoms with E-state index in [2.05, 4.69) is 11.9 Å². The van der Waals surface area contributed by atoms with Crippen molar-refractivity contribution in [3.8, 4) is 11.5 Å². The highest BCUT2D eigenvalue weighted by Crippen LogP contribution is 2.62. The Labute approximate surface area is 145 Å². The molecule has 1 spiro atoms. The molecule has 2 heterocycles. The number of phenols is 1. The number of likely N-dealkylation sites (tertiary alicyclic amines) is 1. The molecule has 0 amide bonds. The summed E-state index contributed by atoms with van der Waals surface area (Å²) in [5, 5.41) is 10.3. The van der Waals surface area contributed by atoms with Crippen molar-refractivity contribution in [1.82, 2.24) is 4.90 Å². The lowest BCUT2D eigenvalue weighted by Gasteiger charge is -2.56. The number of hydrogen-bond donors (Lipinski definition) is 2. The van der Waals surface area contributed by atoms with Crippen LogP contribution >= 0.6 is 0 Å². The smallest absolute Gasteiger partial charge is 0.398 e. The second-order valence-corrected chi connectivity index (χ2v) is 8.48. The van der Waals surface area contributed by atoms with Crippen molar-refractivity contribution in [2.24, 2.45) is 5.92 Å². The molecule has 0 saturated carbocycles. The van der Waals surface area contributed by atoms with Crippen LogP contribution in [0.5, 0.6) is 11.5 Å². The van der Waals surface area contributed by atoms with Crippen LogP contribution in [0.3, 0.4) is 0 Å². The summed E-state index contributed by atoms with van der Waals surface area (Å²) in [6.07, 6.45) is 3.78. The molecule has 1 fully saturated rings. The zero-order valence-electron chi connectivity index (χ0n) is 13.6. The average Bonchev–Trinajstić information content (AvgIpc) is 2.88. The van der Waals surface area contributed by atoms with Crippen molar-refractivity contribution >= 4 is 10.4 Å². The van der Waals surface area contributed by atoms with E-state index in [1.807, 2.05) is 12.1 Å². The largest absolute Gasteiger partial charge is 0.504 e. The van der Waals surface area contributed by atoms with Gasteiger partial charge in [-0.05, 0) is 38.1 Å². The Kier molecular flexibility index (Phi) is 2.98. The molecule has 7 nitrogen and oxygen atoms in total. The van der Waals surface area contributed by atoms with Crippen molar-refractivity contribution < 1.29 is 27.0 Å². The number of likely N-dealkylation sites (N-methyl/N-ethyl adjacent to an activating group) is 1. The molecule has 1 aromatic rings. The van der Waals surface area contributed by atoms with Crippen LogP contribution in [-0.4, -0.2) is 54.8 Å². The van der Waals surface area contributed by atoms with Crippen molar-refractivity contribution in [3.05, 3.63) is 35.4 Å². The highest BCUT2D eigenvalue weighted by Gasteiger charge is 2.65. The van der Waals surface area contributed by atoms with Crippen molar-refractivity contribution in [2.75, 3.05) is 13.6 Å². The first-order valence-corrected chi connectivity index (χ1v) is 9.74. The van der Waals surface area contributed by atoms with Crippen molar-refractivity contribution in [3.63, 3.8) is 0 Å². The predicted octanol–water partition coefficient (Wildman–Crippen LogP) is 1.03. The molecule has 0 radical (unpaired) electrons. The summed E-state index contributed by atoms with van der Waals surface area (Å²) in [4.78, 5) is 2.33. The summed E-state index contributed by atoms with van der Waals surface area (Å²) in [7, 11) is -2.51. The van der Waals surface area contributed by atoms with Gasteiger partial charge in [0.25, 0.3) is 0 Å². The monoisotopic (exact) mass is 365 g/mol. The maximum atomic E-state index is 11.3. The molecular formula is C17H19NO6S. The molecule has 2 bridgehead atoms. The molecule has 2 N–H and O–H groups in total. The molecule has 0 aromatic heterocycles. The molecular weight excluding hydrogens is 346 g/mol. The van der Waals surface area contributed by atoms with E-state index >= 15 is 0 Å². The van der Waals surface area contributed by atoms with Gasteiger partial charge in [0.1, 0.15) is 12.2 Å². The van der Waals surface area contributed by atoms with E-state index in [0.717, 1.165) is 30.5 Å². The third-order valence-electron chi connectivity index (χ3n) is 6.36.